The SMILES string of the molecule is C[SiH](C)O[C@H]1[C@H](O[C@H]2[C@H](O)[C@@H](O)[C@H](OCc3ccccc3)O[C@@H]2CO)O[C@H](COC(C)(C)C)[C@@H]2OC(C)(C)O[C@@H]21. The summed E-state index contributed by atoms with van der Waals surface area (Å²) >= 11 is 0. The molecule has 0 amide bonds. The molecule has 3 aliphatic rings. The monoisotopic (exact) mass is 586 g/mol. The van der Waals surface area contributed by atoms with Crippen LogP contribution in [0.25, 0.3) is 0 Å². The average molecular weight is 587 g/mol. The summed E-state index contributed by atoms with van der Waals surface area (Å²) < 4.78 is 49.2. The number of benzene rings is 1. The lowest BCUT2D eigenvalue weighted by Crippen LogP contribution is -2.65. The van der Waals surface area contributed by atoms with Gasteiger partial charge in [0.1, 0.15) is 48.8 Å². The Bertz CT molecular complexity index is 925. The van der Waals surface area contributed by atoms with Crippen molar-refractivity contribution in [1.82, 2.24) is 0 Å². The molecule has 0 saturated carbocycles. The molecule has 3 saturated heterocycles. The van der Waals surface area contributed by atoms with Crippen LogP contribution in [0, 0.1) is 0 Å². The van der Waals surface area contributed by atoms with E-state index in [0.717, 1.165) is 5.56 Å². The van der Waals surface area contributed by atoms with Crippen LogP contribution < -0.4 is 0 Å². The lowest BCUT2D eigenvalue weighted by Gasteiger charge is -2.47. The van der Waals surface area contributed by atoms with Gasteiger partial charge < -0.3 is 52.9 Å². The standard InChI is InChI=1S/C28H46O11Si/c1-27(2,3)33-15-18-22-23(38-28(4,5)37-22)24(39-40(6)7)26(35-18)36-21-17(13-29)34-25(20(31)19(21)30)32-14-16-11-9-8-10-12-16/h8-12,17-26,29-31,40H,13-15H2,1-7H3/t17-,18-,19-,20-,21-,22+,23+,24-,25-,26+/m1/s1. The van der Waals surface area contributed by atoms with Crippen LogP contribution in [0.5, 0.6) is 0 Å². The van der Waals surface area contributed by atoms with E-state index in [1.807, 2.05) is 78.0 Å². The molecule has 11 nitrogen and oxygen atoms in total. The minimum Gasteiger partial charge on any atom is -0.410 e. The Labute approximate surface area is 238 Å². The van der Waals surface area contributed by atoms with Gasteiger partial charge in [0.15, 0.2) is 27.4 Å². The third-order valence-corrected chi connectivity index (χ3v) is 7.77. The molecule has 3 heterocycles. The highest BCUT2D eigenvalue weighted by Crippen LogP contribution is 2.40. The summed E-state index contributed by atoms with van der Waals surface area (Å²) in [7, 11) is -1.64. The Hall–Kier alpha value is -1.00. The maximum absolute atomic E-state index is 11.1. The fraction of sp³-hybridized carbons (Fsp3) is 0.786. The summed E-state index contributed by atoms with van der Waals surface area (Å²) in [5.74, 6) is -0.881. The van der Waals surface area contributed by atoms with E-state index in [4.69, 9.17) is 37.6 Å². The minimum atomic E-state index is -1.64. The van der Waals surface area contributed by atoms with Crippen LogP contribution in [0.3, 0.4) is 0 Å². The fourth-order valence-electron chi connectivity index (χ4n) is 5.14. The van der Waals surface area contributed by atoms with Gasteiger partial charge in [0.05, 0.1) is 25.4 Å². The predicted molar refractivity (Wildman–Crippen MR) is 146 cm³/mol. The molecule has 0 bridgehead atoms. The van der Waals surface area contributed by atoms with E-state index in [9.17, 15) is 15.3 Å². The first-order valence-corrected chi connectivity index (χ1v) is 16.8. The topological polar surface area (TPSA) is 135 Å². The molecule has 0 aromatic heterocycles. The molecule has 3 N–H and O–H groups in total. The summed E-state index contributed by atoms with van der Waals surface area (Å²) in [5, 5.41) is 32.2. The van der Waals surface area contributed by atoms with E-state index in [0.29, 0.717) is 0 Å². The van der Waals surface area contributed by atoms with Crippen molar-refractivity contribution in [2.24, 2.45) is 0 Å². The zero-order valence-electron chi connectivity index (χ0n) is 24.5. The van der Waals surface area contributed by atoms with Crippen molar-refractivity contribution < 1.29 is 52.9 Å². The normalized spacial score (nSPS) is 38.0. The maximum Gasteiger partial charge on any atom is 0.187 e. The largest absolute Gasteiger partial charge is 0.410 e. The van der Waals surface area contributed by atoms with Gasteiger partial charge in [-0.15, -0.1) is 0 Å². The van der Waals surface area contributed by atoms with E-state index in [-0.39, 0.29) is 13.2 Å². The summed E-state index contributed by atoms with van der Waals surface area (Å²) in [6.07, 6.45) is -9.45. The molecule has 3 fully saturated rings. The lowest BCUT2D eigenvalue weighted by atomic mass is 9.97. The summed E-state index contributed by atoms with van der Waals surface area (Å²) in [5.41, 5.74) is 0.455. The molecule has 228 valence electrons. The second kappa shape index (κ2) is 13.1. The van der Waals surface area contributed by atoms with E-state index in [2.05, 4.69) is 0 Å². The lowest BCUT2D eigenvalue weighted by molar-refractivity contribution is -0.354. The van der Waals surface area contributed by atoms with E-state index < -0.39 is 88.4 Å². The van der Waals surface area contributed by atoms with Gasteiger partial charge in [-0.05, 0) is 53.3 Å². The number of aliphatic hydroxyl groups is 3. The molecule has 1 aromatic carbocycles. The van der Waals surface area contributed by atoms with Crippen LogP contribution >= 0.6 is 0 Å². The van der Waals surface area contributed by atoms with Crippen molar-refractivity contribution in [1.29, 1.82) is 0 Å². The van der Waals surface area contributed by atoms with E-state index >= 15 is 0 Å². The van der Waals surface area contributed by atoms with Gasteiger partial charge in [0, 0.05) is 0 Å². The second-order valence-electron chi connectivity index (χ2n) is 12.3. The number of fused-ring (bicyclic) bond motifs is 1. The smallest absolute Gasteiger partial charge is 0.187 e. The van der Waals surface area contributed by atoms with Crippen molar-refractivity contribution in [3.63, 3.8) is 0 Å². The molecule has 1 aromatic rings. The van der Waals surface area contributed by atoms with Gasteiger partial charge in [-0.3, -0.25) is 0 Å². The first-order chi connectivity index (χ1) is 18.8. The molecule has 12 heteroatoms. The molecule has 0 aliphatic carbocycles. The molecule has 3 aliphatic heterocycles. The molecule has 0 radical (unpaired) electrons. The van der Waals surface area contributed by atoms with Crippen LogP contribution in [-0.2, 0) is 44.2 Å². The maximum atomic E-state index is 11.1. The summed E-state index contributed by atoms with van der Waals surface area (Å²) in [4.78, 5) is 0. The van der Waals surface area contributed by atoms with Crippen LogP contribution in [-0.4, -0.2) is 110 Å². The fourth-order valence-corrected chi connectivity index (χ4v) is 6.05. The molecule has 40 heavy (non-hydrogen) atoms. The van der Waals surface area contributed by atoms with E-state index in [1.165, 1.54) is 0 Å². The Kier molecular flexibility index (Phi) is 10.5. The van der Waals surface area contributed by atoms with Crippen LogP contribution in [0.4, 0.5) is 0 Å². The molecule has 0 unspecified atom stereocenters. The third kappa shape index (κ3) is 7.88. The first-order valence-electron chi connectivity index (χ1n) is 14.0. The molecular formula is C28H46O11Si. The Morgan fingerprint density at radius 2 is 1.55 bits per heavy atom. The van der Waals surface area contributed by atoms with E-state index in [1.54, 1.807) is 0 Å². The van der Waals surface area contributed by atoms with Crippen LogP contribution in [0.2, 0.25) is 13.1 Å². The van der Waals surface area contributed by atoms with Gasteiger partial charge >= 0.3 is 0 Å². The number of aliphatic hydroxyl groups excluding tert-OH is 3. The van der Waals surface area contributed by atoms with Gasteiger partial charge in [-0.2, -0.15) is 0 Å². The van der Waals surface area contributed by atoms with Gasteiger partial charge in [0.25, 0.3) is 0 Å². The van der Waals surface area contributed by atoms with Crippen molar-refractivity contribution in [3.05, 3.63) is 35.9 Å². The number of hydrogen-bond acceptors (Lipinski definition) is 11. The van der Waals surface area contributed by atoms with Gasteiger partial charge in [-0.1, -0.05) is 30.3 Å². The van der Waals surface area contributed by atoms with Crippen LogP contribution in [0.15, 0.2) is 30.3 Å². The highest BCUT2D eigenvalue weighted by Gasteiger charge is 2.58. The van der Waals surface area contributed by atoms with Crippen molar-refractivity contribution >= 4 is 9.04 Å². The number of ether oxygens (including phenoxy) is 7. The summed E-state index contributed by atoms with van der Waals surface area (Å²) in [6.45, 7) is 13.5. The highest BCUT2D eigenvalue weighted by molar-refractivity contribution is 6.48. The second-order valence-corrected chi connectivity index (χ2v) is 14.7. The zero-order chi connectivity index (χ0) is 29.2. The summed E-state index contributed by atoms with van der Waals surface area (Å²) in [6, 6.07) is 9.39. The minimum absolute atomic E-state index is 0.158. The quantitative estimate of drug-likeness (QED) is 0.344. The van der Waals surface area contributed by atoms with Crippen molar-refractivity contribution in [3.8, 4) is 0 Å². The molecule has 10 atom stereocenters. The van der Waals surface area contributed by atoms with Gasteiger partial charge in [0.2, 0.25) is 0 Å². The molecule has 0 spiro atoms. The average Bonchev–Trinajstić information content (AvgIpc) is 3.21. The Morgan fingerprint density at radius 1 is 0.900 bits per heavy atom. The third-order valence-electron chi connectivity index (χ3n) is 6.91. The number of rotatable bonds is 10. The molecule has 4 rings (SSSR count). The van der Waals surface area contributed by atoms with Gasteiger partial charge in [-0.25, -0.2) is 0 Å². The highest BCUT2D eigenvalue weighted by atomic mass is 28.3. The number of hydrogen-bond donors (Lipinski definition) is 3. The predicted octanol–water partition coefficient (Wildman–Crippen LogP) is 1.46. The Morgan fingerprint density at radius 3 is 2.17 bits per heavy atom. The van der Waals surface area contributed by atoms with Crippen molar-refractivity contribution in [2.45, 2.75) is 127 Å². The first kappa shape index (κ1) is 31.9. The Balaban J connectivity index is 1.52. The van der Waals surface area contributed by atoms with Crippen LogP contribution in [0.1, 0.15) is 40.2 Å². The zero-order valence-corrected chi connectivity index (χ0v) is 25.6. The molecular weight excluding hydrogens is 540 g/mol. The van der Waals surface area contributed by atoms with Crippen molar-refractivity contribution in [2.75, 3.05) is 13.2 Å².